The van der Waals surface area contributed by atoms with Crippen LogP contribution in [0.15, 0.2) is 15.3 Å². The van der Waals surface area contributed by atoms with Crippen molar-refractivity contribution in [3.63, 3.8) is 0 Å². The van der Waals surface area contributed by atoms with Crippen LogP contribution in [0.3, 0.4) is 0 Å². The number of hydrogen-bond acceptors (Lipinski definition) is 5. The molecule has 2 aromatic heterocycles. The first-order valence-corrected chi connectivity index (χ1v) is 9.23. The molecule has 0 bridgehead atoms. The fourth-order valence-corrected chi connectivity index (χ4v) is 4.30. The van der Waals surface area contributed by atoms with Gasteiger partial charge in [0.2, 0.25) is 5.75 Å². The van der Waals surface area contributed by atoms with Crippen molar-refractivity contribution in [1.82, 2.24) is 14.5 Å². The summed E-state index contributed by atoms with van der Waals surface area (Å²) < 4.78 is 13.6. The predicted molar refractivity (Wildman–Crippen MR) is 97.4 cm³/mol. The molecule has 0 aromatic carbocycles. The van der Waals surface area contributed by atoms with Crippen LogP contribution in [0.5, 0.6) is 11.6 Å². The fourth-order valence-electron chi connectivity index (χ4n) is 3.59. The summed E-state index contributed by atoms with van der Waals surface area (Å²) in [5.74, 6) is 0.515. The van der Waals surface area contributed by atoms with Gasteiger partial charge in [-0.1, -0.05) is 11.6 Å². The molecule has 0 spiro atoms. The van der Waals surface area contributed by atoms with Gasteiger partial charge in [0.1, 0.15) is 17.3 Å². The van der Waals surface area contributed by atoms with Crippen molar-refractivity contribution >= 4 is 44.5 Å². The van der Waals surface area contributed by atoms with Gasteiger partial charge in [-0.15, -0.1) is 0 Å². The van der Waals surface area contributed by atoms with Gasteiger partial charge in [0.25, 0.3) is 11.4 Å². The molecule has 0 radical (unpaired) electrons. The lowest BCUT2D eigenvalue weighted by molar-refractivity contribution is 0.0295. The minimum Gasteiger partial charge on any atom is -0.477 e. The van der Waals surface area contributed by atoms with Crippen LogP contribution in [0.1, 0.15) is 12.8 Å². The monoisotopic (exact) mass is 443 g/mol. The van der Waals surface area contributed by atoms with Crippen molar-refractivity contribution in [2.75, 3.05) is 13.2 Å². The molecule has 1 fully saturated rings. The summed E-state index contributed by atoms with van der Waals surface area (Å²) in [7, 11) is 1.61. The zero-order valence-corrected chi connectivity index (χ0v) is 16.1. The molecule has 2 aromatic rings. The molecule has 2 aliphatic rings. The second-order valence-electron chi connectivity index (χ2n) is 6.31. The first-order chi connectivity index (χ1) is 12.4. The number of carbonyl (C=O) groups is 1. The Kier molecular flexibility index (Phi) is 4.23. The first kappa shape index (κ1) is 17.4. The van der Waals surface area contributed by atoms with Crippen molar-refractivity contribution in [3.8, 4) is 11.6 Å². The van der Waals surface area contributed by atoms with Crippen LogP contribution < -0.4 is 15.0 Å². The third kappa shape index (κ3) is 2.61. The van der Waals surface area contributed by atoms with Gasteiger partial charge in [0.15, 0.2) is 6.10 Å². The van der Waals surface area contributed by atoms with E-state index in [0.717, 1.165) is 6.42 Å². The predicted octanol–water partition coefficient (Wildman–Crippen LogP) is 2.63. The zero-order valence-electron chi connectivity index (χ0n) is 13.7. The summed E-state index contributed by atoms with van der Waals surface area (Å²) in [6, 6.07) is 1.29. The van der Waals surface area contributed by atoms with E-state index in [0.29, 0.717) is 34.1 Å². The first-order valence-electron chi connectivity index (χ1n) is 8.06. The van der Waals surface area contributed by atoms with Crippen LogP contribution in [-0.2, 0) is 7.05 Å². The van der Waals surface area contributed by atoms with Crippen molar-refractivity contribution in [2.45, 2.75) is 25.0 Å². The van der Waals surface area contributed by atoms with E-state index in [2.05, 4.69) is 20.9 Å². The zero-order chi connectivity index (χ0) is 18.6. The third-order valence-electron chi connectivity index (χ3n) is 4.83. The van der Waals surface area contributed by atoms with Gasteiger partial charge in [0.05, 0.1) is 10.5 Å². The summed E-state index contributed by atoms with van der Waals surface area (Å²) in [5, 5.41) is 10.1. The van der Waals surface area contributed by atoms with Crippen LogP contribution in [-0.4, -0.2) is 50.9 Å². The standard InChI is InChI=1S/C16H15BrClN3O5/c1-20-11-7(5-8(17)15(20)22)13(18)19-14-12(11)26-10(6-25-14)9-3-2-4-21(9)16(23)24/h5,9-10H,2-4,6H2,1H3,(H,23,24)/t9-,10+/m1/s1. The number of halogens is 2. The summed E-state index contributed by atoms with van der Waals surface area (Å²) >= 11 is 9.47. The Labute approximate surface area is 161 Å². The van der Waals surface area contributed by atoms with Crippen LogP contribution in [0.2, 0.25) is 5.15 Å². The molecular weight excluding hydrogens is 430 g/mol. The molecule has 0 unspecified atom stereocenters. The average Bonchev–Trinajstić information content (AvgIpc) is 3.09. The van der Waals surface area contributed by atoms with Crippen molar-refractivity contribution in [2.24, 2.45) is 7.05 Å². The lowest BCUT2D eigenvalue weighted by Gasteiger charge is -2.34. The molecule has 1 saturated heterocycles. The lowest BCUT2D eigenvalue weighted by Crippen LogP contribution is -2.48. The van der Waals surface area contributed by atoms with Crippen LogP contribution in [0, 0.1) is 0 Å². The smallest absolute Gasteiger partial charge is 0.407 e. The molecule has 1 amide bonds. The molecule has 1 N–H and O–H groups in total. The van der Waals surface area contributed by atoms with Gasteiger partial charge in [-0.2, -0.15) is 4.98 Å². The molecule has 2 aliphatic heterocycles. The highest BCUT2D eigenvalue weighted by atomic mass is 79.9. The van der Waals surface area contributed by atoms with Gasteiger partial charge in [-0.05, 0) is 34.8 Å². The average molecular weight is 445 g/mol. The highest BCUT2D eigenvalue weighted by Crippen LogP contribution is 2.41. The molecule has 10 heteroatoms. The largest absolute Gasteiger partial charge is 0.477 e. The van der Waals surface area contributed by atoms with Crippen LogP contribution in [0.4, 0.5) is 4.79 Å². The summed E-state index contributed by atoms with van der Waals surface area (Å²) in [6.07, 6.45) is 0.0109. The Morgan fingerprint density at radius 2 is 2.27 bits per heavy atom. The minimum atomic E-state index is -0.975. The van der Waals surface area contributed by atoms with Gasteiger partial charge < -0.3 is 24.0 Å². The summed E-state index contributed by atoms with van der Waals surface area (Å²) in [5.41, 5.74) is 0.221. The number of aromatic nitrogens is 2. The Morgan fingerprint density at radius 1 is 1.50 bits per heavy atom. The maximum Gasteiger partial charge on any atom is 0.407 e. The van der Waals surface area contributed by atoms with Gasteiger partial charge in [-0.25, -0.2) is 4.79 Å². The maximum atomic E-state index is 12.3. The topological polar surface area (TPSA) is 93.9 Å². The Morgan fingerprint density at radius 3 is 3.00 bits per heavy atom. The van der Waals surface area contributed by atoms with E-state index >= 15 is 0 Å². The van der Waals surface area contributed by atoms with Crippen molar-refractivity contribution in [3.05, 3.63) is 26.0 Å². The number of likely N-dealkylation sites (tertiary alicyclic amines) is 1. The number of ether oxygens (including phenoxy) is 2. The van der Waals surface area contributed by atoms with E-state index in [1.807, 2.05) is 0 Å². The van der Waals surface area contributed by atoms with E-state index in [9.17, 15) is 14.7 Å². The van der Waals surface area contributed by atoms with Crippen molar-refractivity contribution < 1.29 is 19.4 Å². The second-order valence-corrected chi connectivity index (χ2v) is 7.52. The van der Waals surface area contributed by atoms with E-state index in [4.69, 9.17) is 21.1 Å². The van der Waals surface area contributed by atoms with Gasteiger partial charge >= 0.3 is 6.09 Å². The van der Waals surface area contributed by atoms with Gasteiger partial charge in [-0.3, -0.25) is 4.79 Å². The number of pyridine rings is 2. The number of aryl methyl sites for hydroxylation is 1. The molecule has 2 atom stereocenters. The molecule has 26 heavy (non-hydrogen) atoms. The Bertz CT molecular complexity index is 979. The minimum absolute atomic E-state index is 0.167. The SMILES string of the molecule is Cn1c(=O)c(Br)cc2c(Cl)nc3c(c21)O[C@H]([C@H]1CCCN1C(=O)O)CO3. The number of amides is 1. The molecule has 8 nitrogen and oxygen atoms in total. The molecule has 0 saturated carbocycles. The molecule has 4 heterocycles. The molecule has 0 aliphatic carbocycles. The van der Waals surface area contributed by atoms with Crippen molar-refractivity contribution in [1.29, 1.82) is 0 Å². The van der Waals surface area contributed by atoms with E-state index in [1.54, 1.807) is 13.1 Å². The van der Waals surface area contributed by atoms with E-state index in [1.165, 1.54) is 9.47 Å². The van der Waals surface area contributed by atoms with E-state index in [-0.39, 0.29) is 29.2 Å². The fraction of sp³-hybridized carbons (Fsp3) is 0.438. The number of fused-ring (bicyclic) bond motifs is 3. The number of hydrogen-bond donors (Lipinski definition) is 1. The lowest BCUT2D eigenvalue weighted by atomic mass is 10.1. The summed E-state index contributed by atoms with van der Waals surface area (Å²) in [4.78, 5) is 29.4. The Hall–Kier alpha value is -2.00. The van der Waals surface area contributed by atoms with Gasteiger partial charge in [0, 0.05) is 19.0 Å². The highest BCUT2D eigenvalue weighted by Gasteiger charge is 2.40. The molecular formula is C16H15BrClN3O5. The van der Waals surface area contributed by atoms with E-state index < -0.39 is 12.2 Å². The number of carboxylic acid groups (broad SMARTS) is 1. The number of nitrogens with zero attached hydrogens (tertiary/aromatic N) is 3. The molecule has 4 rings (SSSR count). The Balaban J connectivity index is 1.83. The van der Waals surface area contributed by atoms with Crippen LogP contribution >= 0.6 is 27.5 Å². The maximum absolute atomic E-state index is 12.3. The van der Waals surface area contributed by atoms with Crippen LogP contribution in [0.25, 0.3) is 10.9 Å². The summed E-state index contributed by atoms with van der Waals surface area (Å²) in [6.45, 7) is 0.637. The normalized spacial score (nSPS) is 22.0. The highest BCUT2D eigenvalue weighted by molar-refractivity contribution is 9.10. The number of rotatable bonds is 1. The second kappa shape index (κ2) is 6.31. The molecule has 138 valence electrons. The quantitative estimate of drug-likeness (QED) is 0.680. The third-order valence-corrected chi connectivity index (χ3v) is 5.69.